The van der Waals surface area contributed by atoms with E-state index in [1.54, 1.807) is 28.8 Å². The molecule has 1 aliphatic rings. The lowest BCUT2D eigenvalue weighted by Gasteiger charge is -2.26. The molecule has 1 amide bonds. The van der Waals surface area contributed by atoms with Crippen molar-refractivity contribution in [2.24, 2.45) is 7.05 Å². The number of nitrogens with zero attached hydrogens (tertiary/aromatic N) is 4. The molecule has 0 N–H and O–H groups in total. The maximum Gasteiger partial charge on any atom is 0.274 e. The highest BCUT2D eigenvalue weighted by Crippen LogP contribution is 2.32. The van der Waals surface area contributed by atoms with Gasteiger partial charge in [-0.25, -0.2) is 0 Å². The first-order valence-corrected chi connectivity index (χ1v) is 8.36. The number of benzene rings is 1. The lowest BCUT2D eigenvalue weighted by Crippen LogP contribution is -2.29. The number of amides is 1. The zero-order valence-electron chi connectivity index (χ0n) is 15.0. The van der Waals surface area contributed by atoms with Gasteiger partial charge in [0.25, 0.3) is 5.91 Å². The molecule has 2 heterocycles. The number of aryl methyl sites for hydroxylation is 1. The minimum absolute atomic E-state index is 0.0679. The highest BCUT2D eigenvalue weighted by atomic mass is 16.5. The molecular formula is C19H22N4O2. The second-order valence-corrected chi connectivity index (χ2v) is 6.60. The van der Waals surface area contributed by atoms with E-state index in [0.29, 0.717) is 24.2 Å². The quantitative estimate of drug-likeness (QED) is 0.862. The standard InChI is InChI=1S/C19H22N4O2/c1-12-9-16-17(21-23(4)18(16)13(2)25-12)19(24)22(3)11-15-7-5-14(10-20)6-8-15/h5-8,12-13H,9,11H2,1-4H3/t12-,13+/m1/s1. The highest BCUT2D eigenvalue weighted by molar-refractivity contribution is 5.94. The molecule has 0 fully saturated rings. The molecular weight excluding hydrogens is 316 g/mol. The summed E-state index contributed by atoms with van der Waals surface area (Å²) in [5.41, 5.74) is 4.07. The first-order valence-electron chi connectivity index (χ1n) is 8.36. The van der Waals surface area contributed by atoms with E-state index < -0.39 is 0 Å². The third-order valence-electron chi connectivity index (χ3n) is 4.56. The van der Waals surface area contributed by atoms with Crippen molar-refractivity contribution in [3.63, 3.8) is 0 Å². The van der Waals surface area contributed by atoms with E-state index in [1.807, 2.05) is 33.0 Å². The zero-order chi connectivity index (χ0) is 18.1. The molecule has 1 aliphatic heterocycles. The topological polar surface area (TPSA) is 71.2 Å². The van der Waals surface area contributed by atoms with E-state index in [0.717, 1.165) is 16.8 Å². The summed E-state index contributed by atoms with van der Waals surface area (Å²) in [5.74, 6) is -0.0949. The fraction of sp³-hybridized carbons (Fsp3) is 0.421. The minimum atomic E-state index is -0.0949. The Hall–Kier alpha value is -2.65. The van der Waals surface area contributed by atoms with Crippen LogP contribution in [0.5, 0.6) is 0 Å². The van der Waals surface area contributed by atoms with Crippen LogP contribution in [0.25, 0.3) is 0 Å². The maximum atomic E-state index is 12.9. The molecule has 0 aliphatic carbocycles. The summed E-state index contributed by atoms with van der Waals surface area (Å²) >= 11 is 0. The predicted molar refractivity (Wildman–Crippen MR) is 92.8 cm³/mol. The van der Waals surface area contributed by atoms with Gasteiger partial charge in [0.2, 0.25) is 0 Å². The summed E-state index contributed by atoms with van der Waals surface area (Å²) in [6.45, 7) is 4.48. The molecule has 2 aromatic rings. The second-order valence-electron chi connectivity index (χ2n) is 6.60. The Labute approximate surface area is 147 Å². The number of hydrogen-bond acceptors (Lipinski definition) is 4. The Morgan fingerprint density at radius 2 is 2.08 bits per heavy atom. The Balaban J connectivity index is 1.83. The van der Waals surface area contributed by atoms with Crippen LogP contribution in [0.3, 0.4) is 0 Å². The monoisotopic (exact) mass is 338 g/mol. The number of hydrogen-bond donors (Lipinski definition) is 0. The Kier molecular flexibility index (Phi) is 4.60. The van der Waals surface area contributed by atoms with Gasteiger partial charge in [0, 0.05) is 32.6 Å². The first kappa shape index (κ1) is 17.2. The Bertz CT molecular complexity index is 832. The summed E-state index contributed by atoms with van der Waals surface area (Å²) in [6, 6.07) is 9.36. The van der Waals surface area contributed by atoms with Crippen molar-refractivity contribution in [2.75, 3.05) is 7.05 Å². The lowest BCUT2D eigenvalue weighted by atomic mass is 9.99. The van der Waals surface area contributed by atoms with Gasteiger partial charge < -0.3 is 9.64 Å². The van der Waals surface area contributed by atoms with E-state index in [4.69, 9.17) is 10.00 Å². The molecule has 1 aromatic heterocycles. The van der Waals surface area contributed by atoms with Crippen molar-refractivity contribution in [3.8, 4) is 6.07 Å². The smallest absolute Gasteiger partial charge is 0.274 e. The van der Waals surface area contributed by atoms with Crippen molar-refractivity contribution in [2.45, 2.75) is 39.0 Å². The number of ether oxygens (including phenoxy) is 1. The van der Waals surface area contributed by atoms with Crippen LogP contribution < -0.4 is 0 Å². The lowest BCUT2D eigenvalue weighted by molar-refractivity contribution is -0.00906. The van der Waals surface area contributed by atoms with E-state index in [9.17, 15) is 4.79 Å². The number of nitriles is 1. The summed E-state index contributed by atoms with van der Waals surface area (Å²) in [4.78, 5) is 14.6. The molecule has 6 nitrogen and oxygen atoms in total. The Morgan fingerprint density at radius 3 is 2.72 bits per heavy atom. The van der Waals surface area contributed by atoms with Gasteiger partial charge in [0.05, 0.1) is 29.5 Å². The third-order valence-corrected chi connectivity index (χ3v) is 4.56. The minimum Gasteiger partial charge on any atom is -0.369 e. The van der Waals surface area contributed by atoms with Gasteiger partial charge in [-0.15, -0.1) is 0 Å². The highest BCUT2D eigenvalue weighted by Gasteiger charge is 2.32. The molecule has 0 spiro atoms. The normalized spacial score (nSPS) is 19.2. The van der Waals surface area contributed by atoms with Gasteiger partial charge >= 0.3 is 0 Å². The van der Waals surface area contributed by atoms with Crippen LogP contribution in [0.4, 0.5) is 0 Å². The van der Waals surface area contributed by atoms with Crippen LogP contribution in [-0.2, 0) is 24.8 Å². The van der Waals surface area contributed by atoms with Crippen molar-refractivity contribution in [3.05, 3.63) is 52.3 Å². The van der Waals surface area contributed by atoms with Gasteiger partial charge in [-0.05, 0) is 31.5 Å². The molecule has 6 heteroatoms. The van der Waals surface area contributed by atoms with Crippen LogP contribution in [0.2, 0.25) is 0 Å². The molecule has 3 rings (SSSR count). The number of rotatable bonds is 3. The van der Waals surface area contributed by atoms with E-state index in [1.165, 1.54) is 0 Å². The van der Waals surface area contributed by atoms with Crippen molar-refractivity contribution in [1.82, 2.24) is 14.7 Å². The number of aromatic nitrogens is 2. The van der Waals surface area contributed by atoms with Gasteiger partial charge in [0.15, 0.2) is 5.69 Å². The van der Waals surface area contributed by atoms with Crippen LogP contribution >= 0.6 is 0 Å². The van der Waals surface area contributed by atoms with Crippen molar-refractivity contribution < 1.29 is 9.53 Å². The van der Waals surface area contributed by atoms with Crippen LogP contribution in [0, 0.1) is 11.3 Å². The van der Waals surface area contributed by atoms with Gasteiger partial charge in [-0.3, -0.25) is 9.48 Å². The molecule has 1 aromatic carbocycles. The summed E-state index contributed by atoms with van der Waals surface area (Å²) < 4.78 is 7.61. The molecule has 0 radical (unpaired) electrons. The third kappa shape index (κ3) is 3.28. The van der Waals surface area contributed by atoms with Crippen LogP contribution in [0.15, 0.2) is 24.3 Å². The molecule has 0 saturated carbocycles. The van der Waals surface area contributed by atoms with Gasteiger partial charge in [0.1, 0.15) is 0 Å². The summed E-state index contributed by atoms with van der Waals surface area (Å²) in [5, 5.41) is 13.3. The van der Waals surface area contributed by atoms with Gasteiger partial charge in [-0.2, -0.15) is 10.4 Å². The average molecular weight is 338 g/mol. The molecule has 2 atom stereocenters. The van der Waals surface area contributed by atoms with Gasteiger partial charge in [-0.1, -0.05) is 12.1 Å². The number of fused-ring (bicyclic) bond motifs is 1. The average Bonchev–Trinajstić information content (AvgIpc) is 2.91. The van der Waals surface area contributed by atoms with Crippen molar-refractivity contribution in [1.29, 1.82) is 5.26 Å². The number of carbonyl (C=O) groups is 1. The van der Waals surface area contributed by atoms with E-state index in [2.05, 4.69) is 11.2 Å². The summed E-state index contributed by atoms with van der Waals surface area (Å²) in [6.07, 6.45) is 0.697. The van der Waals surface area contributed by atoms with Crippen LogP contribution in [-0.4, -0.2) is 33.7 Å². The SMILES string of the molecule is C[C@@H]1Cc2c(C(=O)N(C)Cc3ccc(C#N)cc3)nn(C)c2[C@H](C)O1. The Morgan fingerprint density at radius 1 is 1.40 bits per heavy atom. The fourth-order valence-corrected chi connectivity index (χ4v) is 3.42. The number of carbonyl (C=O) groups excluding carboxylic acids is 1. The summed E-state index contributed by atoms with van der Waals surface area (Å²) in [7, 11) is 3.62. The largest absolute Gasteiger partial charge is 0.369 e. The van der Waals surface area contributed by atoms with Crippen LogP contribution in [0.1, 0.15) is 52.8 Å². The molecule has 130 valence electrons. The predicted octanol–water partition coefficient (Wildman–Crippen LogP) is 2.59. The second kappa shape index (κ2) is 6.69. The van der Waals surface area contributed by atoms with Crippen molar-refractivity contribution >= 4 is 5.91 Å². The molecule has 25 heavy (non-hydrogen) atoms. The first-order chi connectivity index (χ1) is 11.9. The molecule has 0 unspecified atom stereocenters. The fourth-order valence-electron chi connectivity index (χ4n) is 3.42. The molecule has 0 saturated heterocycles. The maximum absolute atomic E-state index is 12.9. The van der Waals surface area contributed by atoms with E-state index >= 15 is 0 Å². The van der Waals surface area contributed by atoms with E-state index in [-0.39, 0.29) is 18.1 Å². The molecule has 0 bridgehead atoms. The zero-order valence-corrected chi connectivity index (χ0v) is 15.0.